The van der Waals surface area contributed by atoms with Crippen molar-refractivity contribution in [1.82, 2.24) is 15.1 Å². The number of amides is 1. The van der Waals surface area contributed by atoms with Gasteiger partial charge in [0.15, 0.2) is 5.69 Å². The van der Waals surface area contributed by atoms with E-state index < -0.39 is 0 Å². The minimum Gasteiger partial charge on any atom is -0.350 e. The van der Waals surface area contributed by atoms with Gasteiger partial charge in [0.2, 0.25) is 0 Å². The predicted octanol–water partition coefficient (Wildman–Crippen LogP) is 1.55. The molecule has 1 aromatic rings. The molecule has 15 heavy (non-hydrogen) atoms. The SMILES string of the molecule is Cn1cc(I)c(C(=O)NCC2CCC2)n1. The summed E-state index contributed by atoms with van der Waals surface area (Å²) in [5.74, 6) is 0.641. The molecule has 4 nitrogen and oxygen atoms in total. The molecule has 1 N–H and O–H groups in total. The molecule has 0 saturated heterocycles. The van der Waals surface area contributed by atoms with Crippen molar-refractivity contribution in [1.29, 1.82) is 0 Å². The fourth-order valence-electron chi connectivity index (χ4n) is 1.63. The van der Waals surface area contributed by atoms with Crippen LogP contribution in [-0.2, 0) is 7.05 Å². The highest BCUT2D eigenvalue weighted by molar-refractivity contribution is 14.1. The highest BCUT2D eigenvalue weighted by atomic mass is 127. The van der Waals surface area contributed by atoms with Gasteiger partial charge < -0.3 is 5.32 Å². The Balaban J connectivity index is 1.92. The lowest BCUT2D eigenvalue weighted by Gasteiger charge is -2.25. The fourth-order valence-corrected chi connectivity index (χ4v) is 2.39. The van der Waals surface area contributed by atoms with Crippen LogP contribution in [-0.4, -0.2) is 22.2 Å². The summed E-state index contributed by atoms with van der Waals surface area (Å²) in [4.78, 5) is 11.7. The third-order valence-corrected chi connectivity index (χ3v) is 3.56. The maximum Gasteiger partial charge on any atom is 0.272 e. The smallest absolute Gasteiger partial charge is 0.272 e. The molecule has 0 atom stereocenters. The highest BCUT2D eigenvalue weighted by Crippen LogP contribution is 2.25. The number of aryl methyl sites for hydroxylation is 1. The van der Waals surface area contributed by atoms with Crippen molar-refractivity contribution in [2.75, 3.05) is 6.54 Å². The van der Waals surface area contributed by atoms with Crippen LogP contribution >= 0.6 is 22.6 Å². The van der Waals surface area contributed by atoms with Crippen molar-refractivity contribution in [3.05, 3.63) is 15.5 Å². The molecule has 5 heteroatoms. The number of carbonyl (C=O) groups is 1. The van der Waals surface area contributed by atoms with Gasteiger partial charge in [0.05, 0.1) is 3.57 Å². The van der Waals surface area contributed by atoms with E-state index in [1.165, 1.54) is 19.3 Å². The van der Waals surface area contributed by atoms with Gasteiger partial charge in [-0.05, 0) is 41.4 Å². The molecular weight excluding hydrogens is 305 g/mol. The lowest BCUT2D eigenvalue weighted by Crippen LogP contribution is -2.32. The van der Waals surface area contributed by atoms with Gasteiger partial charge in [-0.15, -0.1) is 0 Å². The first-order valence-electron chi connectivity index (χ1n) is 5.14. The van der Waals surface area contributed by atoms with Crippen LogP contribution in [0.25, 0.3) is 0 Å². The lowest BCUT2D eigenvalue weighted by molar-refractivity contribution is 0.0932. The molecule has 1 aromatic heterocycles. The Morgan fingerprint density at radius 2 is 2.47 bits per heavy atom. The Hall–Kier alpha value is -0.590. The van der Waals surface area contributed by atoms with E-state index in [1.54, 1.807) is 4.68 Å². The van der Waals surface area contributed by atoms with E-state index >= 15 is 0 Å². The normalized spacial score (nSPS) is 16.1. The largest absolute Gasteiger partial charge is 0.350 e. The molecule has 0 bridgehead atoms. The van der Waals surface area contributed by atoms with Crippen molar-refractivity contribution in [3.8, 4) is 0 Å². The average Bonchev–Trinajstić information content (AvgIpc) is 2.42. The second-order valence-corrected chi connectivity index (χ2v) is 5.17. The number of halogens is 1. The quantitative estimate of drug-likeness (QED) is 0.860. The van der Waals surface area contributed by atoms with Gasteiger partial charge >= 0.3 is 0 Å². The van der Waals surface area contributed by atoms with E-state index in [4.69, 9.17) is 0 Å². The van der Waals surface area contributed by atoms with Gasteiger partial charge in [0.25, 0.3) is 5.91 Å². The first kappa shape index (κ1) is 10.9. The molecule has 2 rings (SSSR count). The molecule has 1 aliphatic carbocycles. The van der Waals surface area contributed by atoms with Crippen LogP contribution in [0.4, 0.5) is 0 Å². The molecule has 1 saturated carbocycles. The van der Waals surface area contributed by atoms with Crippen molar-refractivity contribution >= 4 is 28.5 Å². The zero-order valence-electron chi connectivity index (χ0n) is 8.66. The van der Waals surface area contributed by atoms with Crippen LogP contribution in [0.1, 0.15) is 29.8 Å². The maximum atomic E-state index is 11.7. The first-order valence-corrected chi connectivity index (χ1v) is 6.22. The van der Waals surface area contributed by atoms with Crippen molar-refractivity contribution in [2.45, 2.75) is 19.3 Å². The molecule has 1 amide bonds. The summed E-state index contributed by atoms with van der Waals surface area (Å²) < 4.78 is 2.57. The van der Waals surface area contributed by atoms with Crippen molar-refractivity contribution < 1.29 is 4.79 Å². The number of hydrogen-bond acceptors (Lipinski definition) is 2. The molecule has 0 aliphatic heterocycles. The summed E-state index contributed by atoms with van der Waals surface area (Å²) >= 11 is 2.13. The van der Waals surface area contributed by atoms with Crippen LogP contribution in [0.15, 0.2) is 6.20 Å². The molecule has 1 fully saturated rings. The van der Waals surface area contributed by atoms with Gasteiger partial charge in [0.1, 0.15) is 0 Å². The van der Waals surface area contributed by atoms with Gasteiger partial charge in [-0.2, -0.15) is 5.10 Å². The fraction of sp³-hybridized carbons (Fsp3) is 0.600. The Kier molecular flexibility index (Phi) is 3.28. The van der Waals surface area contributed by atoms with Crippen LogP contribution in [0.2, 0.25) is 0 Å². The lowest BCUT2D eigenvalue weighted by atomic mass is 9.85. The van der Waals surface area contributed by atoms with E-state index in [1.807, 2.05) is 13.2 Å². The molecular formula is C10H14IN3O. The van der Waals surface area contributed by atoms with Gasteiger partial charge in [-0.25, -0.2) is 0 Å². The van der Waals surface area contributed by atoms with Gasteiger partial charge in [-0.1, -0.05) is 6.42 Å². The monoisotopic (exact) mass is 319 g/mol. The van der Waals surface area contributed by atoms with E-state index in [-0.39, 0.29) is 5.91 Å². The van der Waals surface area contributed by atoms with Crippen LogP contribution in [0.5, 0.6) is 0 Å². The molecule has 0 radical (unpaired) electrons. The summed E-state index contributed by atoms with van der Waals surface area (Å²) in [5, 5.41) is 7.06. The van der Waals surface area contributed by atoms with Crippen LogP contribution in [0.3, 0.4) is 0 Å². The number of rotatable bonds is 3. The molecule has 0 unspecified atom stereocenters. The highest BCUT2D eigenvalue weighted by Gasteiger charge is 2.20. The molecule has 0 spiro atoms. The van der Waals surface area contributed by atoms with Gasteiger partial charge in [-0.3, -0.25) is 9.48 Å². The van der Waals surface area contributed by atoms with Crippen LogP contribution < -0.4 is 5.32 Å². The van der Waals surface area contributed by atoms with Crippen LogP contribution in [0, 0.1) is 9.49 Å². The van der Waals surface area contributed by atoms with E-state index in [0.717, 1.165) is 10.1 Å². The summed E-state index contributed by atoms with van der Waals surface area (Å²) in [6.45, 7) is 0.797. The summed E-state index contributed by atoms with van der Waals surface area (Å²) in [6, 6.07) is 0. The zero-order chi connectivity index (χ0) is 10.8. The number of nitrogens with one attached hydrogen (secondary N) is 1. The summed E-state index contributed by atoms with van der Waals surface area (Å²) in [6.07, 6.45) is 5.65. The van der Waals surface area contributed by atoms with Gasteiger partial charge in [0, 0.05) is 19.8 Å². The third-order valence-electron chi connectivity index (χ3n) is 2.78. The third kappa shape index (κ3) is 2.50. The minimum absolute atomic E-state index is 0.0492. The van der Waals surface area contributed by atoms with E-state index in [9.17, 15) is 4.79 Å². The molecule has 1 aliphatic rings. The summed E-state index contributed by atoms with van der Waals surface area (Å²) in [7, 11) is 1.82. The molecule has 82 valence electrons. The predicted molar refractivity (Wildman–Crippen MR) is 65.6 cm³/mol. The second kappa shape index (κ2) is 4.51. The topological polar surface area (TPSA) is 46.9 Å². The Labute approximate surface area is 103 Å². The number of carbonyl (C=O) groups excluding carboxylic acids is 1. The zero-order valence-corrected chi connectivity index (χ0v) is 10.8. The molecule has 1 heterocycles. The first-order chi connectivity index (χ1) is 7.16. The standard InChI is InChI=1S/C10H14IN3O/c1-14-6-8(11)9(13-14)10(15)12-5-7-3-2-4-7/h6-7H,2-5H2,1H3,(H,12,15). The summed E-state index contributed by atoms with van der Waals surface area (Å²) in [5.41, 5.74) is 0.539. The molecule has 0 aromatic carbocycles. The minimum atomic E-state index is -0.0492. The Bertz CT molecular complexity index is 371. The average molecular weight is 319 g/mol. The van der Waals surface area contributed by atoms with E-state index in [0.29, 0.717) is 11.6 Å². The van der Waals surface area contributed by atoms with E-state index in [2.05, 4.69) is 33.0 Å². The van der Waals surface area contributed by atoms with Crippen molar-refractivity contribution in [3.63, 3.8) is 0 Å². The number of hydrogen-bond donors (Lipinski definition) is 1. The number of aromatic nitrogens is 2. The number of nitrogens with zero attached hydrogens (tertiary/aromatic N) is 2. The Morgan fingerprint density at radius 3 is 2.93 bits per heavy atom. The second-order valence-electron chi connectivity index (χ2n) is 4.01. The Morgan fingerprint density at radius 1 is 1.73 bits per heavy atom. The maximum absolute atomic E-state index is 11.7. The van der Waals surface area contributed by atoms with Crippen molar-refractivity contribution in [2.24, 2.45) is 13.0 Å².